The van der Waals surface area contributed by atoms with E-state index >= 15 is 0 Å². The van der Waals surface area contributed by atoms with Gasteiger partial charge in [-0.15, -0.1) is 0 Å². The zero-order valence-corrected chi connectivity index (χ0v) is 9.87. The first kappa shape index (κ1) is 9.36. The highest BCUT2D eigenvalue weighted by Gasteiger charge is 2.44. The Morgan fingerprint density at radius 2 is 2.19 bits per heavy atom. The average molecular weight is 237 g/mol. The summed E-state index contributed by atoms with van der Waals surface area (Å²) in [6.07, 6.45) is 6.92. The van der Waals surface area contributed by atoms with E-state index in [1.54, 1.807) is 0 Å². The predicted octanol–water partition coefficient (Wildman–Crippen LogP) is 2.31. The van der Waals surface area contributed by atoms with Crippen LogP contribution in [-0.4, -0.2) is 27.0 Å². The Kier molecular flexibility index (Phi) is 1.85. The standard InChI is InChI=1S/C11H15N3OS/c16-11-13-12-10(6-1-2-6)14(11)8-5-7-3-4-9(8)15-7/h6-9H,1-5H2,(H,13,16). The summed E-state index contributed by atoms with van der Waals surface area (Å²) in [5, 5.41) is 7.35. The van der Waals surface area contributed by atoms with Gasteiger partial charge in [0.15, 0.2) is 4.77 Å². The molecule has 2 bridgehead atoms. The number of fused-ring (bicyclic) bond motifs is 2. The number of nitrogens with zero attached hydrogens (tertiary/aromatic N) is 2. The van der Waals surface area contributed by atoms with Crippen molar-refractivity contribution in [3.63, 3.8) is 0 Å². The highest BCUT2D eigenvalue weighted by Crippen LogP contribution is 2.45. The van der Waals surface area contributed by atoms with Crippen LogP contribution in [0.15, 0.2) is 0 Å². The van der Waals surface area contributed by atoms with Gasteiger partial charge in [-0.05, 0) is 44.3 Å². The van der Waals surface area contributed by atoms with Gasteiger partial charge in [0, 0.05) is 5.92 Å². The first-order chi connectivity index (χ1) is 7.83. The number of rotatable bonds is 2. The molecule has 1 aromatic rings. The van der Waals surface area contributed by atoms with Crippen LogP contribution in [0.1, 0.15) is 49.9 Å². The lowest BCUT2D eigenvalue weighted by molar-refractivity contribution is 0.0932. The van der Waals surface area contributed by atoms with Gasteiger partial charge in [-0.2, -0.15) is 5.10 Å². The summed E-state index contributed by atoms with van der Waals surface area (Å²) >= 11 is 5.36. The molecule has 1 aromatic heterocycles. The second kappa shape index (κ2) is 3.17. The number of nitrogens with one attached hydrogen (secondary N) is 1. The Morgan fingerprint density at radius 1 is 1.31 bits per heavy atom. The maximum Gasteiger partial charge on any atom is 0.195 e. The Labute approximate surface area is 99.0 Å². The zero-order chi connectivity index (χ0) is 10.7. The van der Waals surface area contributed by atoms with Crippen LogP contribution < -0.4 is 0 Å². The van der Waals surface area contributed by atoms with Gasteiger partial charge in [-0.1, -0.05) is 0 Å². The number of aromatic nitrogens is 3. The molecule has 3 unspecified atom stereocenters. The molecular weight excluding hydrogens is 222 g/mol. The molecule has 3 heterocycles. The fourth-order valence-corrected chi connectivity index (χ4v) is 3.42. The topological polar surface area (TPSA) is 42.8 Å². The van der Waals surface area contributed by atoms with Gasteiger partial charge in [-0.3, -0.25) is 9.67 Å². The first-order valence-corrected chi connectivity index (χ1v) is 6.56. The lowest BCUT2D eigenvalue weighted by Crippen LogP contribution is -2.22. The third-order valence-corrected chi connectivity index (χ3v) is 4.37. The second-order valence-corrected chi connectivity index (χ2v) is 5.59. The van der Waals surface area contributed by atoms with E-state index in [9.17, 15) is 0 Å². The van der Waals surface area contributed by atoms with Crippen molar-refractivity contribution < 1.29 is 4.74 Å². The molecule has 0 aromatic carbocycles. The van der Waals surface area contributed by atoms with E-state index in [2.05, 4.69) is 14.8 Å². The van der Waals surface area contributed by atoms with Crippen LogP contribution in [-0.2, 0) is 4.74 Å². The summed E-state index contributed by atoms with van der Waals surface area (Å²) in [5.74, 6) is 1.82. The molecule has 1 N–H and O–H groups in total. The molecule has 3 atom stereocenters. The maximum atomic E-state index is 5.91. The van der Waals surface area contributed by atoms with Crippen molar-refractivity contribution in [3.8, 4) is 0 Å². The molecule has 4 rings (SSSR count). The molecule has 0 amide bonds. The average Bonchev–Trinajstić information content (AvgIpc) is 2.74. The maximum absolute atomic E-state index is 5.91. The van der Waals surface area contributed by atoms with E-state index in [-0.39, 0.29) is 0 Å². The molecule has 16 heavy (non-hydrogen) atoms. The van der Waals surface area contributed by atoms with Gasteiger partial charge >= 0.3 is 0 Å². The lowest BCUT2D eigenvalue weighted by atomic mass is 9.95. The van der Waals surface area contributed by atoms with E-state index in [1.807, 2.05) is 0 Å². The minimum atomic E-state index is 0.381. The summed E-state index contributed by atoms with van der Waals surface area (Å²) in [7, 11) is 0. The Morgan fingerprint density at radius 3 is 2.81 bits per heavy atom. The third kappa shape index (κ3) is 1.24. The molecule has 86 valence electrons. The van der Waals surface area contributed by atoms with Gasteiger partial charge in [0.2, 0.25) is 0 Å². The van der Waals surface area contributed by atoms with Crippen molar-refractivity contribution in [3.05, 3.63) is 10.6 Å². The molecule has 4 nitrogen and oxygen atoms in total. The van der Waals surface area contributed by atoms with Gasteiger partial charge in [0.1, 0.15) is 5.82 Å². The van der Waals surface area contributed by atoms with E-state index in [1.165, 1.54) is 31.5 Å². The highest BCUT2D eigenvalue weighted by molar-refractivity contribution is 7.71. The third-order valence-electron chi connectivity index (χ3n) is 4.08. The number of aromatic amines is 1. The molecule has 2 saturated heterocycles. The van der Waals surface area contributed by atoms with Crippen LogP contribution in [0.5, 0.6) is 0 Å². The van der Waals surface area contributed by atoms with Crippen molar-refractivity contribution in [1.82, 2.24) is 14.8 Å². The number of hydrogen-bond acceptors (Lipinski definition) is 3. The minimum Gasteiger partial charge on any atom is -0.373 e. The monoisotopic (exact) mass is 237 g/mol. The van der Waals surface area contributed by atoms with Crippen LogP contribution in [0.25, 0.3) is 0 Å². The van der Waals surface area contributed by atoms with Crippen molar-refractivity contribution in [2.45, 2.75) is 56.3 Å². The Bertz CT molecular complexity index is 476. The van der Waals surface area contributed by atoms with Gasteiger partial charge in [-0.25, -0.2) is 0 Å². The zero-order valence-electron chi connectivity index (χ0n) is 9.06. The highest BCUT2D eigenvalue weighted by atomic mass is 32.1. The van der Waals surface area contributed by atoms with Crippen LogP contribution in [0, 0.1) is 4.77 Å². The van der Waals surface area contributed by atoms with Gasteiger partial charge < -0.3 is 4.74 Å². The summed E-state index contributed by atoms with van der Waals surface area (Å²) in [5.41, 5.74) is 0. The molecule has 1 saturated carbocycles. The fraction of sp³-hybridized carbons (Fsp3) is 0.818. The normalized spacial score (nSPS) is 37.1. The molecular formula is C11H15N3OS. The molecule has 3 fully saturated rings. The van der Waals surface area contributed by atoms with Crippen molar-refractivity contribution in [2.24, 2.45) is 0 Å². The molecule has 2 aliphatic heterocycles. The number of H-pyrrole nitrogens is 1. The van der Waals surface area contributed by atoms with Gasteiger partial charge in [0.05, 0.1) is 18.2 Å². The van der Waals surface area contributed by atoms with Crippen molar-refractivity contribution >= 4 is 12.2 Å². The smallest absolute Gasteiger partial charge is 0.195 e. The summed E-state index contributed by atoms with van der Waals surface area (Å²) in [6.45, 7) is 0. The minimum absolute atomic E-state index is 0.381. The first-order valence-electron chi connectivity index (χ1n) is 6.15. The second-order valence-electron chi connectivity index (χ2n) is 5.21. The molecule has 3 aliphatic rings. The van der Waals surface area contributed by atoms with Crippen LogP contribution in [0.4, 0.5) is 0 Å². The van der Waals surface area contributed by atoms with E-state index in [4.69, 9.17) is 17.0 Å². The molecule has 0 radical (unpaired) electrons. The van der Waals surface area contributed by atoms with E-state index < -0.39 is 0 Å². The molecule has 5 heteroatoms. The Hall–Kier alpha value is -0.680. The van der Waals surface area contributed by atoms with E-state index in [0.29, 0.717) is 24.2 Å². The number of ether oxygens (including phenoxy) is 1. The lowest BCUT2D eigenvalue weighted by Gasteiger charge is -2.21. The SMILES string of the molecule is S=c1[nH]nc(C2CC2)n1C1CC2CCC1O2. The van der Waals surface area contributed by atoms with Gasteiger partial charge in [0.25, 0.3) is 0 Å². The number of hydrogen-bond donors (Lipinski definition) is 1. The van der Waals surface area contributed by atoms with Crippen LogP contribution in [0.3, 0.4) is 0 Å². The predicted molar refractivity (Wildman–Crippen MR) is 60.9 cm³/mol. The molecule has 1 aliphatic carbocycles. The summed E-state index contributed by atoms with van der Waals surface area (Å²) in [6, 6.07) is 0.445. The Balaban J connectivity index is 1.76. The summed E-state index contributed by atoms with van der Waals surface area (Å²) in [4.78, 5) is 0. The van der Waals surface area contributed by atoms with Crippen molar-refractivity contribution in [1.29, 1.82) is 0 Å². The van der Waals surface area contributed by atoms with Crippen LogP contribution >= 0.6 is 12.2 Å². The largest absolute Gasteiger partial charge is 0.373 e. The van der Waals surface area contributed by atoms with Crippen LogP contribution in [0.2, 0.25) is 0 Å². The fourth-order valence-electron chi connectivity index (χ4n) is 3.15. The molecule has 0 spiro atoms. The van der Waals surface area contributed by atoms with E-state index in [0.717, 1.165) is 11.2 Å². The van der Waals surface area contributed by atoms with Crippen molar-refractivity contribution in [2.75, 3.05) is 0 Å². The quantitative estimate of drug-likeness (QED) is 0.803. The summed E-state index contributed by atoms with van der Waals surface area (Å²) < 4.78 is 8.94.